The number of carboxylic acid groups (broad SMARTS) is 1. The van der Waals surface area contributed by atoms with Gasteiger partial charge in [0.05, 0.1) is 17.1 Å². The lowest BCUT2D eigenvalue weighted by molar-refractivity contribution is -0.253. The Kier molecular flexibility index (Phi) is 9.24. The average molecular weight is 586 g/mol. The Morgan fingerprint density at radius 2 is 1.73 bits per heavy atom. The molecule has 0 saturated heterocycles. The zero-order valence-corrected chi connectivity index (χ0v) is 22.0. The van der Waals surface area contributed by atoms with E-state index in [-0.39, 0.29) is 22.7 Å². The van der Waals surface area contributed by atoms with Gasteiger partial charge in [-0.25, -0.2) is 9.18 Å². The van der Waals surface area contributed by atoms with Crippen LogP contribution in [-0.4, -0.2) is 40.2 Å². The van der Waals surface area contributed by atoms with Crippen molar-refractivity contribution in [3.05, 3.63) is 94.5 Å². The van der Waals surface area contributed by atoms with Gasteiger partial charge in [0.2, 0.25) is 0 Å². The number of amides is 2. The molecular formula is C27H25ClF5N3O4. The summed E-state index contributed by atoms with van der Waals surface area (Å²) in [6.07, 6.45) is -8.48. The third-order valence-electron chi connectivity index (χ3n) is 5.72. The highest BCUT2D eigenvalue weighted by Gasteiger charge is 2.45. The smallest absolute Gasteiger partial charge is 0.461 e. The molecule has 1 aromatic heterocycles. The van der Waals surface area contributed by atoms with Gasteiger partial charge >= 0.3 is 24.5 Å². The Morgan fingerprint density at radius 3 is 2.30 bits per heavy atom. The standard InChI is InChI=1S/C27H25ClF5N3O4/c1-25(2,14-22(37)38)35-24(39)36-26(13-16-6-4-3-5-7-16,21-9-8-18(28)15-34-21)17-10-19(29)12-20(11-17)40-27(32,33)23(30)31/h3-12,15,23H,13-14H2,1-2H3,(H,37,38)(H2,35,36,39). The van der Waals surface area contributed by atoms with E-state index in [1.807, 2.05) is 0 Å². The monoisotopic (exact) mass is 585 g/mol. The molecule has 0 saturated carbocycles. The number of halogens is 6. The SMILES string of the molecule is CC(C)(CC(=O)O)NC(=O)NC(Cc1ccccc1)(c1cc(F)cc(OC(F)(F)C(F)F)c1)c1ccc(Cl)cn1. The molecule has 0 aliphatic carbocycles. The van der Waals surface area contributed by atoms with Gasteiger partial charge in [0, 0.05) is 24.2 Å². The van der Waals surface area contributed by atoms with Gasteiger partial charge in [0.25, 0.3) is 0 Å². The summed E-state index contributed by atoms with van der Waals surface area (Å²) in [6.45, 7) is 2.92. The maximum atomic E-state index is 14.9. The van der Waals surface area contributed by atoms with E-state index in [2.05, 4.69) is 20.4 Å². The summed E-state index contributed by atoms with van der Waals surface area (Å²) in [4.78, 5) is 28.9. The quantitative estimate of drug-likeness (QED) is 0.234. The number of carbonyl (C=O) groups is 2. The van der Waals surface area contributed by atoms with Crippen LogP contribution in [0.2, 0.25) is 5.02 Å². The fourth-order valence-corrected chi connectivity index (χ4v) is 4.19. The van der Waals surface area contributed by atoms with Crippen molar-refractivity contribution in [1.29, 1.82) is 0 Å². The van der Waals surface area contributed by atoms with Crippen LogP contribution in [0.25, 0.3) is 0 Å². The largest absolute Gasteiger partial charge is 0.481 e. The molecule has 3 aromatic rings. The van der Waals surface area contributed by atoms with Crippen molar-refractivity contribution in [2.45, 2.75) is 50.3 Å². The molecule has 1 atom stereocenters. The normalized spacial score (nSPS) is 13.4. The Balaban J connectivity index is 2.23. The van der Waals surface area contributed by atoms with Gasteiger partial charge in [-0.15, -0.1) is 0 Å². The second kappa shape index (κ2) is 12.1. The molecule has 2 amide bonds. The number of alkyl halides is 4. The predicted molar refractivity (Wildman–Crippen MR) is 136 cm³/mol. The van der Waals surface area contributed by atoms with Gasteiger partial charge in [0.1, 0.15) is 17.1 Å². The highest BCUT2D eigenvalue weighted by Crippen LogP contribution is 2.37. The number of aliphatic carboxylic acids is 1. The molecule has 214 valence electrons. The number of urea groups is 1. The first-order valence-electron chi connectivity index (χ1n) is 11.8. The number of ether oxygens (including phenoxy) is 1. The van der Waals surface area contributed by atoms with Crippen LogP contribution >= 0.6 is 11.6 Å². The number of rotatable bonds is 11. The lowest BCUT2D eigenvalue weighted by Crippen LogP contribution is -2.57. The minimum Gasteiger partial charge on any atom is -0.481 e. The molecule has 1 heterocycles. The molecule has 0 aliphatic rings. The topological polar surface area (TPSA) is 101 Å². The first-order chi connectivity index (χ1) is 18.6. The third kappa shape index (κ3) is 7.81. The fourth-order valence-electron chi connectivity index (χ4n) is 4.08. The zero-order chi connectivity index (χ0) is 29.7. The summed E-state index contributed by atoms with van der Waals surface area (Å²) in [5.74, 6) is -3.25. The van der Waals surface area contributed by atoms with Crippen molar-refractivity contribution in [3.8, 4) is 5.75 Å². The predicted octanol–water partition coefficient (Wildman–Crippen LogP) is 6.15. The summed E-state index contributed by atoms with van der Waals surface area (Å²) in [6, 6.07) is 12.7. The average Bonchev–Trinajstić information content (AvgIpc) is 2.82. The number of carbonyl (C=O) groups excluding carboxylic acids is 1. The van der Waals surface area contributed by atoms with Crippen LogP contribution in [0.5, 0.6) is 5.75 Å². The van der Waals surface area contributed by atoms with Gasteiger partial charge in [-0.1, -0.05) is 41.9 Å². The second-order valence-electron chi connectivity index (χ2n) is 9.60. The number of hydrogen-bond acceptors (Lipinski definition) is 4. The number of pyridine rings is 1. The number of benzene rings is 2. The van der Waals surface area contributed by atoms with Crippen LogP contribution < -0.4 is 15.4 Å². The molecule has 0 fully saturated rings. The van der Waals surface area contributed by atoms with Crippen molar-refractivity contribution < 1.29 is 41.4 Å². The summed E-state index contributed by atoms with van der Waals surface area (Å²) in [5.41, 5.74) is -2.61. The number of nitrogens with one attached hydrogen (secondary N) is 2. The van der Waals surface area contributed by atoms with E-state index < -0.39 is 53.6 Å². The molecule has 2 aromatic carbocycles. The Labute approximate surface area is 231 Å². The highest BCUT2D eigenvalue weighted by molar-refractivity contribution is 6.30. The van der Waals surface area contributed by atoms with E-state index in [1.165, 1.54) is 32.2 Å². The summed E-state index contributed by atoms with van der Waals surface area (Å²) in [5, 5.41) is 14.6. The van der Waals surface area contributed by atoms with Crippen LogP contribution in [0.1, 0.15) is 37.1 Å². The van der Waals surface area contributed by atoms with Crippen LogP contribution in [0.15, 0.2) is 66.9 Å². The number of carboxylic acids is 1. The highest BCUT2D eigenvalue weighted by atomic mass is 35.5. The molecule has 3 N–H and O–H groups in total. The maximum Gasteiger partial charge on any atom is 0.461 e. The molecule has 0 spiro atoms. The van der Waals surface area contributed by atoms with Gasteiger partial charge in [0.15, 0.2) is 0 Å². The fraction of sp³-hybridized carbons (Fsp3) is 0.296. The maximum absolute atomic E-state index is 14.9. The van der Waals surface area contributed by atoms with Crippen molar-refractivity contribution >= 4 is 23.6 Å². The zero-order valence-electron chi connectivity index (χ0n) is 21.2. The van der Waals surface area contributed by atoms with Crippen molar-refractivity contribution in [2.75, 3.05) is 0 Å². The van der Waals surface area contributed by atoms with Crippen LogP contribution in [-0.2, 0) is 16.8 Å². The summed E-state index contributed by atoms with van der Waals surface area (Å²) >= 11 is 6.01. The molecule has 3 rings (SSSR count). The van der Waals surface area contributed by atoms with Crippen LogP contribution in [0, 0.1) is 5.82 Å². The van der Waals surface area contributed by atoms with E-state index in [0.29, 0.717) is 11.6 Å². The number of aromatic nitrogens is 1. The van der Waals surface area contributed by atoms with Crippen LogP contribution in [0.3, 0.4) is 0 Å². The van der Waals surface area contributed by atoms with Crippen molar-refractivity contribution in [1.82, 2.24) is 15.6 Å². The molecule has 7 nitrogen and oxygen atoms in total. The second-order valence-corrected chi connectivity index (χ2v) is 10.0. The lowest BCUT2D eigenvalue weighted by atomic mass is 9.80. The minimum absolute atomic E-state index is 0.0733. The van der Waals surface area contributed by atoms with Gasteiger partial charge in [-0.2, -0.15) is 17.6 Å². The first kappa shape index (κ1) is 30.6. The minimum atomic E-state index is -4.93. The van der Waals surface area contributed by atoms with E-state index in [1.54, 1.807) is 30.3 Å². The van der Waals surface area contributed by atoms with Gasteiger partial charge in [-0.05, 0) is 49.2 Å². The molecular weight excluding hydrogens is 561 g/mol. The van der Waals surface area contributed by atoms with Gasteiger partial charge < -0.3 is 20.5 Å². The van der Waals surface area contributed by atoms with Crippen molar-refractivity contribution in [2.24, 2.45) is 0 Å². The Bertz CT molecular complexity index is 1340. The number of nitrogens with zero attached hydrogens (tertiary/aromatic N) is 1. The third-order valence-corrected chi connectivity index (χ3v) is 5.94. The van der Waals surface area contributed by atoms with E-state index in [0.717, 1.165) is 12.1 Å². The molecule has 13 heteroatoms. The molecule has 1 unspecified atom stereocenters. The summed E-state index contributed by atoms with van der Waals surface area (Å²) in [7, 11) is 0. The van der Waals surface area contributed by atoms with Crippen LogP contribution in [0.4, 0.5) is 26.7 Å². The van der Waals surface area contributed by atoms with E-state index in [9.17, 15) is 36.6 Å². The lowest BCUT2D eigenvalue weighted by Gasteiger charge is -2.37. The van der Waals surface area contributed by atoms with E-state index >= 15 is 0 Å². The van der Waals surface area contributed by atoms with Crippen molar-refractivity contribution in [3.63, 3.8) is 0 Å². The van der Waals surface area contributed by atoms with Gasteiger partial charge in [-0.3, -0.25) is 9.78 Å². The first-order valence-corrected chi connectivity index (χ1v) is 12.1. The Morgan fingerprint density at radius 1 is 1.05 bits per heavy atom. The molecule has 0 radical (unpaired) electrons. The summed E-state index contributed by atoms with van der Waals surface area (Å²) < 4.78 is 72.2. The number of hydrogen-bond donors (Lipinski definition) is 3. The van der Waals surface area contributed by atoms with E-state index in [4.69, 9.17) is 11.6 Å². The molecule has 0 bridgehead atoms. The molecule has 40 heavy (non-hydrogen) atoms. The molecule has 0 aliphatic heterocycles. The Hall–Kier alpha value is -3.93.